The Kier molecular flexibility index (Phi) is 4.38. The first-order chi connectivity index (χ1) is 10.0. The Bertz CT molecular complexity index is 690. The van der Waals surface area contributed by atoms with E-state index in [4.69, 9.17) is 4.42 Å². The third-order valence-corrected chi connectivity index (χ3v) is 3.07. The van der Waals surface area contributed by atoms with Crippen molar-refractivity contribution in [3.8, 4) is 0 Å². The van der Waals surface area contributed by atoms with Gasteiger partial charge in [-0.15, -0.1) is 0 Å². The van der Waals surface area contributed by atoms with Crippen molar-refractivity contribution in [2.24, 2.45) is 0 Å². The van der Waals surface area contributed by atoms with E-state index in [1.54, 1.807) is 50.3 Å². The van der Waals surface area contributed by atoms with Crippen molar-refractivity contribution >= 4 is 17.8 Å². The Labute approximate surface area is 123 Å². The first kappa shape index (κ1) is 14.8. The van der Waals surface area contributed by atoms with Gasteiger partial charge in [-0.25, -0.2) is 4.79 Å². The van der Waals surface area contributed by atoms with E-state index < -0.39 is 0 Å². The van der Waals surface area contributed by atoms with Crippen LogP contribution in [0, 0.1) is 13.8 Å². The van der Waals surface area contributed by atoms with E-state index in [0.29, 0.717) is 22.6 Å². The summed E-state index contributed by atoms with van der Waals surface area (Å²) < 4.78 is 9.96. The van der Waals surface area contributed by atoms with Gasteiger partial charge in [-0.3, -0.25) is 4.79 Å². The molecule has 0 fully saturated rings. The number of carbonyl (C=O) groups is 2. The van der Waals surface area contributed by atoms with Crippen LogP contribution in [0.5, 0.6) is 0 Å². The van der Waals surface area contributed by atoms with Gasteiger partial charge in [0, 0.05) is 0 Å². The number of hydrogen-bond donors (Lipinski definition) is 0. The van der Waals surface area contributed by atoms with Gasteiger partial charge in [-0.05, 0) is 43.7 Å². The Morgan fingerprint density at radius 2 is 1.81 bits per heavy atom. The summed E-state index contributed by atoms with van der Waals surface area (Å²) >= 11 is 0. The van der Waals surface area contributed by atoms with Gasteiger partial charge in [-0.2, -0.15) is 0 Å². The highest BCUT2D eigenvalue weighted by Gasteiger charge is 2.10. The topological polar surface area (TPSA) is 56.5 Å². The third kappa shape index (κ3) is 3.48. The number of hydrogen-bond acceptors (Lipinski definition) is 4. The number of furan rings is 1. The van der Waals surface area contributed by atoms with Crippen LogP contribution in [0.3, 0.4) is 0 Å². The summed E-state index contributed by atoms with van der Waals surface area (Å²) in [4.78, 5) is 23.4. The molecule has 1 aromatic carbocycles. The lowest BCUT2D eigenvalue weighted by atomic mass is 10.1. The number of aryl methyl sites for hydroxylation is 2. The number of rotatable bonds is 4. The van der Waals surface area contributed by atoms with E-state index in [1.807, 2.05) is 0 Å². The van der Waals surface area contributed by atoms with Crippen LogP contribution < -0.4 is 0 Å². The molecule has 0 aliphatic heterocycles. The lowest BCUT2D eigenvalue weighted by molar-refractivity contribution is 0.0600. The normalized spacial score (nSPS) is 10.8. The molecular weight excluding hydrogens is 268 g/mol. The molecule has 2 aromatic rings. The van der Waals surface area contributed by atoms with E-state index in [9.17, 15) is 9.59 Å². The molecule has 1 aromatic heterocycles. The molecule has 1 heterocycles. The summed E-state index contributed by atoms with van der Waals surface area (Å²) in [5, 5.41) is 0. The van der Waals surface area contributed by atoms with Gasteiger partial charge in [0.2, 0.25) is 0 Å². The van der Waals surface area contributed by atoms with Crippen molar-refractivity contribution in [1.82, 2.24) is 0 Å². The fourth-order valence-electron chi connectivity index (χ4n) is 1.99. The van der Waals surface area contributed by atoms with Crippen molar-refractivity contribution in [2.75, 3.05) is 7.11 Å². The van der Waals surface area contributed by atoms with Gasteiger partial charge >= 0.3 is 5.97 Å². The number of benzene rings is 1. The molecule has 0 atom stereocenters. The van der Waals surface area contributed by atoms with Crippen LogP contribution in [0.1, 0.15) is 37.8 Å². The largest absolute Gasteiger partial charge is 0.466 e. The third-order valence-electron chi connectivity index (χ3n) is 3.07. The van der Waals surface area contributed by atoms with E-state index in [1.165, 1.54) is 13.2 Å². The lowest BCUT2D eigenvalue weighted by Crippen LogP contribution is -2.00. The van der Waals surface area contributed by atoms with Crippen molar-refractivity contribution in [3.63, 3.8) is 0 Å². The highest BCUT2D eigenvalue weighted by Crippen LogP contribution is 2.15. The van der Waals surface area contributed by atoms with Crippen LogP contribution in [-0.2, 0) is 4.74 Å². The molecule has 0 aliphatic carbocycles. The smallest absolute Gasteiger partial charge is 0.337 e. The SMILES string of the molecule is COC(=O)c1ccc(/C=C/C(=O)c2cc(C)oc2C)cc1. The van der Waals surface area contributed by atoms with E-state index in [-0.39, 0.29) is 11.8 Å². The van der Waals surface area contributed by atoms with Crippen LogP contribution in [0.25, 0.3) is 6.08 Å². The molecule has 0 bridgehead atoms. The quantitative estimate of drug-likeness (QED) is 0.489. The molecule has 0 unspecified atom stereocenters. The first-order valence-electron chi connectivity index (χ1n) is 6.49. The Balaban J connectivity index is 2.12. The van der Waals surface area contributed by atoms with Gasteiger partial charge < -0.3 is 9.15 Å². The van der Waals surface area contributed by atoms with Crippen molar-refractivity contribution in [3.05, 3.63) is 64.6 Å². The van der Waals surface area contributed by atoms with Crippen molar-refractivity contribution < 1.29 is 18.7 Å². The zero-order valence-electron chi connectivity index (χ0n) is 12.2. The molecule has 4 heteroatoms. The summed E-state index contributed by atoms with van der Waals surface area (Å²) in [5.74, 6) is 0.836. The molecule has 0 saturated carbocycles. The second-order valence-corrected chi connectivity index (χ2v) is 4.64. The number of allylic oxidation sites excluding steroid dienone is 1. The maximum absolute atomic E-state index is 12.1. The molecule has 108 valence electrons. The second kappa shape index (κ2) is 6.22. The van der Waals surface area contributed by atoms with Crippen LogP contribution >= 0.6 is 0 Å². The first-order valence-corrected chi connectivity index (χ1v) is 6.49. The number of carbonyl (C=O) groups excluding carboxylic acids is 2. The zero-order valence-corrected chi connectivity index (χ0v) is 12.2. The van der Waals surface area contributed by atoms with Gasteiger partial charge in [0.15, 0.2) is 5.78 Å². The molecule has 0 N–H and O–H groups in total. The molecule has 2 rings (SSSR count). The summed E-state index contributed by atoms with van der Waals surface area (Å²) in [6.45, 7) is 3.57. The molecule has 4 nitrogen and oxygen atoms in total. The lowest BCUT2D eigenvalue weighted by Gasteiger charge is -1.99. The van der Waals surface area contributed by atoms with Crippen molar-refractivity contribution in [1.29, 1.82) is 0 Å². The molecular formula is C17H16O4. The molecule has 0 spiro atoms. The fourth-order valence-corrected chi connectivity index (χ4v) is 1.99. The average Bonchev–Trinajstić information content (AvgIpc) is 2.83. The van der Waals surface area contributed by atoms with Gasteiger partial charge in [0.05, 0.1) is 18.2 Å². The monoisotopic (exact) mass is 284 g/mol. The highest BCUT2D eigenvalue weighted by molar-refractivity contribution is 6.07. The zero-order chi connectivity index (χ0) is 15.4. The van der Waals surface area contributed by atoms with Crippen molar-refractivity contribution in [2.45, 2.75) is 13.8 Å². The highest BCUT2D eigenvalue weighted by atomic mass is 16.5. The Morgan fingerprint density at radius 3 is 2.33 bits per heavy atom. The number of ketones is 1. The van der Waals surface area contributed by atoms with Gasteiger partial charge in [0.25, 0.3) is 0 Å². The maximum atomic E-state index is 12.1. The summed E-state index contributed by atoms with van der Waals surface area (Å²) in [5.41, 5.74) is 1.87. The number of esters is 1. The van der Waals surface area contributed by atoms with Crippen LogP contribution in [-0.4, -0.2) is 18.9 Å². The van der Waals surface area contributed by atoms with E-state index in [2.05, 4.69) is 4.74 Å². The molecule has 21 heavy (non-hydrogen) atoms. The van der Waals surface area contributed by atoms with E-state index in [0.717, 1.165) is 5.56 Å². The molecule has 0 saturated heterocycles. The van der Waals surface area contributed by atoms with Crippen LogP contribution in [0.4, 0.5) is 0 Å². The number of ether oxygens (including phenoxy) is 1. The Hall–Kier alpha value is -2.62. The molecule has 0 amide bonds. The molecule has 0 radical (unpaired) electrons. The van der Waals surface area contributed by atoms with Gasteiger partial charge in [-0.1, -0.05) is 18.2 Å². The minimum atomic E-state index is -0.383. The predicted octanol–water partition coefficient (Wildman–Crippen LogP) is 3.58. The van der Waals surface area contributed by atoms with Crippen LogP contribution in [0.15, 0.2) is 40.8 Å². The summed E-state index contributed by atoms with van der Waals surface area (Å²) in [6, 6.07) is 8.54. The second-order valence-electron chi connectivity index (χ2n) is 4.64. The Morgan fingerprint density at radius 1 is 1.14 bits per heavy atom. The van der Waals surface area contributed by atoms with E-state index >= 15 is 0 Å². The fraction of sp³-hybridized carbons (Fsp3) is 0.176. The minimum absolute atomic E-state index is 0.110. The predicted molar refractivity (Wildman–Crippen MR) is 79.3 cm³/mol. The average molecular weight is 284 g/mol. The number of methoxy groups -OCH3 is 1. The standard InChI is InChI=1S/C17H16O4/c1-11-10-15(12(2)21-11)16(18)9-6-13-4-7-14(8-5-13)17(19)20-3/h4-10H,1-3H3/b9-6+. The molecule has 0 aliphatic rings. The van der Waals surface area contributed by atoms with Gasteiger partial charge in [0.1, 0.15) is 11.5 Å². The minimum Gasteiger partial charge on any atom is -0.466 e. The summed E-state index contributed by atoms with van der Waals surface area (Å²) in [7, 11) is 1.34. The summed E-state index contributed by atoms with van der Waals surface area (Å²) in [6.07, 6.45) is 3.19. The maximum Gasteiger partial charge on any atom is 0.337 e. The van der Waals surface area contributed by atoms with Crippen LogP contribution in [0.2, 0.25) is 0 Å².